The highest BCUT2D eigenvalue weighted by Crippen LogP contribution is 2.29. The molecule has 0 aromatic heterocycles. The maximum absolute atomic E-state index is 12.7. The smallest absolute Gasteiger partial charge is 0.449 e. The molecule has 10 heteroatoms. The standard InChI is InChI=1S/C24H36F3O5PS/c1-2-3-4-5-6-7-8-9-10-11-19-34(29,30)20-18-31-22-15-12-21(13-16-22)14-17-23(32-33-28)24(25,26)27/h12-13,15-17H,2-11,14,18-20H2,1H3/b23-17+. The molecule has 34 heavy (non-hydrogen) atoms. The van der Waals surface area contributed by atoms with Gasteiger partial charge >= 0.3 is 14.9 Å². The third kappa shape index (κ3) is 14.6. The van der Waals surface area contributed by atoms with Crippen LogP contribution in [0.4, 0.5) is 13.2 Å². The van der Waals surface area contributed by atoms with E-state index in [0.29, 0.717) is 17.7 Å². The molecule has 0 N–H and O–H groups in total. The lowest BCUT2D eigenvalue weighted by molar-refractivity contribution is -0.115. The zero-order valence-electron chi connectivity index (χ0n) is 19.8. The summed E-state index contributed by atoms with van der Waals surface area (Å²) in [6, 6.07) is 6.29. The molecular formula is C24H36F3O5PS. The highest BCUT2D eigenvalue weighted by Gasteiger charge is 2.36. The summed E-state index contributed by atoms with van der Waals surface area (Å²) in [6.45, 7) is 2.23. The Morgan fingerprint density at radius 2 is 1.47 bits per heavy atom. The van der Waals surface area contributed by atoms with E-state index in [1.165, 1.54) is 38.5 Å². The zero-order chi connectivity index (χ0) is 25.3. The lowest BCUT2D eigenvalue weighted by atomic mass is 10.1. The van der Waals surface area contributed by atoms with Crippen LogP contribution in [-0.2, 0) is 25.3 Å². The first kappa shape index (κ1) is 30.4. The van der Waals surface area contributed by atoms with Crippen molar-refractivity contribution in [3.05, 3.63) is 41.7 Å². The van der Waals surface area contributed by atoms with Crippen LogP contribution in [0.25, 0.3) is 0 Å². The molecule has 0 unspecified atom stereocenters. The van der Waals surface area contributed by atoms with Gasteiger partial charge in [-0.25, -0.2) is 13.0 Å². The van der Waals surface area contributed by atoms with E-state index in [-0.39, 0.29) is 24.5 Å². The number of alkyl halides is 3. The van der Waals surface area contributed by atoms with Crippen molar-refractivity contribution >= 4 is 18.5 Å². The molecule has 0 aliphatic heterocycles. The molecule has 1 aromatic carbocycles. The number of allylic oxidation sites excluding steroid dienone is 2. The molecular weight excluding hydrogens is 488 g/mol. The third-order valence-electron chi connectivity index (χ3n) is 5.33. The summed E-state index contributed by atoms with van der Waals surface area (Å²) in [6.07, 6.45) is 7.44. The molecule has 0 fully saturated rings. The Labute approximate surface area is 203 Å². The normalized spacial score (nSPS) is 12.8. The van der Waals surface area contributed by atoms with E-state index in [1.54, 1.807) is 24.3 Å². The topological polar surface area (TPSA) is 69.7 Å². The Kier molecular flexibility index (Phi) is 15.2. The Hall–Kier alpha value is -1.60. The first-order valence-corrected chi connectivity index (χ1v) is 14.4. The number of unbranched alkanes of at least 4 members (excludes halogenated alkanes) is 9. The van der Waals surface area contributed by atoms with Crippen molar-refractivity contribution in [2.45, 2.75) is 83.7 Å². The van der Waals surface area contributed by atoms with Crippen LogP contribution in [0.3, 0.4) is 0 Å². The second-order valence-corrected chi connectivity index (χ2v) is 10.9. The number of rotatable bonds is 19. The molecule has 0 aliphatic carbocycles. The number of halogens is 3. The summed E-state index contributed by atoms with van der Waals surface area (Å²) in [7, 11) is -4.26. The van der Waals surface area contributed by atoms with Crippen molar-refractivity contribution in [1.82, 2.24) is 0 Å². The molecule has 0 radical (unpaired) electrons. The summed E-state index contributed by atoms with van der Waals surface area (Å²) in [5, 5.41) is 0. The molecule has 5 nitrogen and oxygen atoms in total. The van der Waals surface area contributed by atoms with E-state index >= 15 is 0 Å². The number of sulfone groups is 1. The van der Waals surface area contributed by atoms with Gasteiger partial charge in [-0.15, -0.1) is 0 Å². The van der Waals surface area contributed by atoms with E-state index in [0.717, 1.165) is 25.3 Å². The van der Waals surface area contributed by atoms with Gasteiger partial charge in [-0.3, -0.25) is 0 Å². The van der Waals surface area contributed by atoms with Crippen molar-refractivity contribution in [2.75, 3.05) is 18.1 Å². The van der Waals surface area contributed by atoms with Crippen molar-refractivity contribution in [1.29, 1.82) is 0 Å². The first-order valence-electron chi connectivity index (χ1n) is 11.9. The fourth-order valence-corrected chi connectivity index (χ4v) is 4.82. The van der Waals surface area contributed by atoms with E-state index in [2.05, 4.69) is 11.4 Å². The van der Waals surface area contributed by atoms with E-state index in [4.69, 9.17) is 4.74 Å². The summed E-state index contributed by atoms with van der Waals surface area (Å²) in [5.74, 6) is -0.801. The maximum atomic E-state index is 12.7. The fraction of sp³-hybridized carbons (Fsp3) is 0.667. The van der Waals surface area contributed by atoms with Crippen molar-refractivity contribution in [2.24, 2.45) is 0 Å². The van der Waals surface area contributed by atoms with Crippen LogP contribution < -0.4 is 4.74 Å². The second kappa shape index (κ2) is 16.9. The predicted octanol–water partition coefficient (Wildman–Crippen LogP) is 7.61. The summed E-state index contributed by atoms with van der Waals surface area (Å²) in [4.78, 5) is 0. The van der Waals surface area contributed by atoms with Crippen LogP contribution in [0.5, 0.6) is 5.75 Å². The van der Waals surface area contributed by atoms with Gasteiger partial charge in [-0.2, -0.15) is 13.2 Å². The highest BCUT2D eigenvalue weighted by atomic mass is 32.2. The summed E-state index contributed by atoms with van der Waals surface area (Å²) in [5.41, 5.74) is 0.564. The van der Waals surface area contributed by atoms with Gasteiger partial charge < -0.3 is 9.26 Å². The molecule has 0 spiro atoms. The predicted molar refractivity (Wildman–Crippen MR) is 129 cm³/mol. The molecule has 0 bridgehead atoms. The Morgan fingerprint density at radius 3 is 2.00 bits per heavy atom. The van der Waals surface area contributed by atoms with Gasteiger partial charge in [-0.1, -0.05) is 76.8 Å². The van der Waals surface area contributed by atoms with E-state index in [1.807, 2.05) is 0 Å². The number of ether oxygens (including phenoxy) is 1. The summed E-state index contributed by atoms with van der Waals surface area (Å²) < 4.78 is 82.3. The van der Waals surface area contributed by atoms with Crippen molar-refractivity contribution in [3.63, 3.8) is 0 Å². The van der Waals surface area contributed by atoms with Crippen molar-refractivity contribution < 1.29 is 35.4 Å². The molecule has 194 valence electrons. The number of benzene rings is 1. The number of hydrogen-bond donors (Lipinski definition) is 0. The molecule has 0 saturated carbocycles. The molecule has 0 heterocycles. The first-order chi connectivity index (χ1) is 16.2. The Balaban J connectivity index is 2.26. The average molecular weight is 525 g/mol. The molecule has 1 aromatic rings. The van der Waals surface area contributed by atoms with E-state index < -0.39 is 30.5 Å². The van der Waals surface area contributed by atoms with Crippen LogP contribution in [0.1, 0.15) is 76.7 Å². The van der Waals surface area contributed by atoms with E-state index in [9.17, 15) is 26.2 Å². The van der Waals surface area contributed by atoms with Gasteiger partial charge in [0.25, 0.3) is 0 Å². The minimum absolute atomic E-state index is 0.0218. The molecule has 0 atom stereocenters. The van der Waals surface area contributed by atoms with Crippen LogP contribution in [0.15, 0.2) is 36.1 Å². The summed E-state index contributed by atoms with van der Waals surface area (Å²) >= 11 is 0. The number of hydrogen-bond acceptors (Lipinski definition) is 5. The minimum Gasteiger partial charge on any atom is -0.493 e. The lowest BCUT2D eigenvalue weighted by Gasteiger charge is -2.09. The van der Waals surface area contributed by atoms with Crippen LogP contribution in [-0.4, -0.2) is 32.7 Å². The molecule has 0 saturated heterocycles. The van der Waals surface area contributed by atoms with Gasteiger partial charge in [0.15, 0.2) is 9.84 Å². The Bertz CT molecular complexity index is 824. The SMILES string of the molecule is CCCCCCCCCCCCS(=O)(=O)CCOc1ccc(C/C=C(/OP=O)C(F)(F)F)cc1. The Morgan fingerprint density at radius 1 is 0.912 bits per heavy atom. The molecule has 0 amide bonds. The maximum Gasteiger partial charge on any atom is 0.449 e. The molecule has 1 rings (SSSR count). The van der Waals surface area contributed by atoms with Crippen LogP contribution >= 0.6 is 8.69 Å². The van der Waals surface area contributed by atoms with Gasteiger partial charge in [0.2, 0.25) is 5.76 Å². The van der Waals surface area contributed by atoms with Gasteiger partial charge in [0, 0.05) is 0 Å². The lowest BCUT2D eigenvalue weighted by Crippen LogP contribution is -2.17. The van der Waals surface area contributed by atoms with Gasteiger partial charge in [0.05, 0.1) is 11.5 Å². The second-order valence-electron chi connectivity index (χ2n) is 8.26. The highest BCUT2D eigenvalue weighted by molar-refractivity contribution is 7.91. The zero-order valence-corrected chi connectivity index (χ0v) is 21.5. The largest absolute Gasteiger partial charge is 0.493 e. The minimum atomic E-state index is -4.72. The fourth-order valence-electron chi connectivity index (χ4n) is 3.38. The van der Waals surface area contributed by atoms with Crippen LogP contribution in [0.2, 0.25) is 0 Å². The van der Waals surface area contributed by atoms with Gasteiger partial charge in [0.1, 0.15) is 12.4 Å². The third-order valence-corrected chi connectivity index (χ3v) is 7.30. The molecule has 0 aliphatic rings. The average Bonchev–Trinajstić information content (AvgIpc) is 2.78. The van der Waals surface area contributed by atoms with Gasteiger partial charge in [-0.05, 0) is 36.6 Å². The van der Waals surface area contributed by atoms with Crippen molar-refractivity contribution in [3.8, 4) is 5.75 Å². The quantitative estimate of drug-likeness (QED) is 0.106. The van der Waals surface area contributed by atoms with Crippen LogP contribution in [0, 0.1) is 0 Å². The monoisotopic (exact) mass is 524 g/mol.